The third-order valence-corrected chi connectivity index (χ3v) is 14.8. The van der Waals surface area contributed by atoms with Crippen LogP contribution in [0.25, 0.3) is 0 Å². The van der Waals surface area contributed by atoms with E-state index in [-0.39, 0.29) is 13.0 Å². The average molecular weight is 422 g/mol. The molecule has 1 atom stereocenters. The minimum atomic E-state index is -6.67. The molecule has 5 nitrogen and oxygen atoms in total. The molecule has 1 aliphatic rings. The highest BCUT2D eigenvalue weighted by atomic mass is 32.3. The van der Waals surface area contributed by atoms with E-state index in [1.165, 1.54) is 0 Å². The minimum absolute atomic E-state index is 0.114. The Balaban J connectivity index is 3.84. The van der Waals surface area contributed by atoms with Crippen molar-refractivity contribution in [3.63, 3.8) is 0 Å². The second-order valence-electron chi connectivity index (χ2n) is 5.32. The van der Waals surface area contributed by atoms with Gasteiger partial charge < -0.3 is 4.43 Å². The fourth-order valence-corrected chi connectivity index (χ4v) is 13.5. The van der Waals surface area contributed by atoms with Crippen molar-refractivity contribution >= 4 is 28.7 Å². The van der Waals surface area contributed by atoms with E-state index in [1.807, 2.05) is 0 Å². The molecule has 1 aliphatic heterocycles. The van der Waals surface area contributed by atoms with Gasteiger partial charge in [-0.3, -0.25) is 0 Å². The van der Waals surface area contributed by atoms with Crippen LogP contribution in [0.4, 0.5) is 26.3 Å². The SMILES string of the molecule is CCCC([SiH]1CCCCO1)(S(=O)(=O)C(F)(F)F)S(=O)(=O)C(F)(F)F. The van der Waals surface area contributed by atoms with Gasteiger partial charge >= 0.3 is 11.0 Å². The zero-order valence-corrected chi connectivity index (χ0v) is 15.2. The maximum absolute atomic E-state index is 13.1. The van der Waals surface area contributed by atoms with Crippen LogP contribution < -0.4 is 0 Å². The van der Waals surface area contributed by atoms with Crippen LogP contribution in [0.1, 0.15) is 32.6 Å². The van der Waals surface area contributed by atoms with E-state index in [0.717, 1.165) is 6.92 Å². The second-order valence-corrected chi connectivity index (χ2v) is 13.7. The summed E-state index contributed by atoms with van der Waals surface area (Å²) in [6.07, 6.45) is -1.39. The maximum atomic E-state index is 13.1. The molecule has 0 spiro atoms. The molecule has 0 amide bonds. The zero-order chi connectivity index (χ0) is 19.0. The molecule has 0 aromatic carbocycles. The van der Waals surface area contributed by atoms with Crippen molar-refractivity contribution in [2.75, 3.05) is 6.61 Å². The molecule has 144 valence electrons. The van der Waals surface area contributed by atoms with E-state index < -0.39 is 62.3 Å². The number of hydrogen-bond acceptors (Lipinski definition) is 5. The number of hydrogen-bond donors (Lipinski definition) is 0. The zero-order valence-electron chi connectivity index (χ0n) is 12.4. The Kier molecular flexibility index (Phi) is 6.11. The number of alkyl halides is 6. The van der Waals surface area contributed by atoms with Crippen LogP contribution in [0.3, 0.4) is 0 Å². The van der Waals surface area contributed by atoms with Gasteiger partial charge in [-0.25, -0.2) is 16.8 Å². The molecule has 1 saturated heterocycles. The molecular formula is C10H16F6O5S2Si. The van der Waals surface area contributed by atoms with Gasteiger partial charge in [0.15, 0.2) is 0 Å². The van der Waals surface area contributed by atoms with Crippen molar-refractivity contribution in [2.45, 2.75) is 53.4 Å². The first-order chi connectivity index (χ1) is 10.7. The summed E-state index contributed by atoms with van der Waals surface area (Å²) in [6, 6.07) is -0.398. The summed E-state index contributed by atoms with van der Waals surface area (Å²) in [6.45, 7) is 0.854. The smallest absolute Gasteiger partial charge is 0.417 e. The summed E-state index contributed by atoms with van der Waals surface area (Å²) in [5.74, 6) is 0. The molecule has 1 rings (SSSR count). The Bertz CT molecular complexity index is 604. The highest BCUT2D eigenvalue weighted by molar-refractivity contribution is 8.13. The predicted molar refractivity (Wildman–Crippen MR) is 74.7 cm³/mol. The monoisotopic (exact) mass is 422 g/mol. The summed E-state index contributed by atoms with van der Waals surface area (Å²) >= 11 is 0. The highest BCUT2D eigenvalue weighted by Gasteiger charge is 2.75. The van der Waals surface area contributed by atoms with E-state index in [2.05, 4.69) is 0 Å². The molecule has 0 aliphatic carbocycles. The molecule has 1 heterocycles. The summed E-state index contributed by atoms with van der Waals surface area (Å²) in [4.78, 5) is 0. The molecule has 14 heteroatoms. The highest BCUT2D eigenvalue weighted by Crippen LogP contribution is 2.49. The number of rotatable bonds is 5. The van der Waals surface area contributed by atoms with Crippen molar-refractivity contribution in [1.29, 1.82) is 0 Å². The van der Waals surface area contributed by atoms with Gasteiger partial charge in [0.1, 0.15) is 0 Å². The standard InChI is InChI=1S/C10H16F6O5S2Si/c1-2-5-8(22(17,18)9(11,12)13,23(19,20)10(14,15)16)24-7-4-3-6-21-24/h24H,2-7H2,1H3. The summed E-state index contributed by atoms with van der Waals surface area (Å²) in [5.41, 5.74) is -12.3. The number of halogens is 6. The first-order valence-electron chi connectivity index (χ1n) is 6.90. The molecule has 0 N–H and O–H groups in total. The Labute approximate surface area is 136 Å². The fraction of sp³-hybridized carbons (Fsp3) is 1.00. The molecule has 0 aromatic rings. The maximum Gasteiger partial charge on any atom is 0.498 e. The third-order valence-electron chi connectivity index (χ3n) is 3.79. The Hall–Kier alpha value is -0.343. The van der Waals surface area contributed by atoms with Crippen LogP contribution in [0.5, 0.6) is 0 Å². The number of sulfone groups is 2. The van der Waals surface area contributed by atoms with Gasteiger partial charge in [-0.1, -0.05) is 19.8 Å². The summed E-state index contributed by atoms with van der Waals surface area (Å²) in [7, 11) is -17.3. The molecule has 0 bridgehead atoms. The molecule has 0 radical (unpaired) electrons. The van der Waals surface area contributed by atoms with Crippen molar-refractivity contribution in [2.24, 2.45) is 0 Å². The minimum Gasteiger partial charge on any atom is -0.417 e. The second kappa shape index (κ2) is 6.76. The fourth-order valence-electron chi connectivity index (χ4n) is 2.75. The Morgan fingerprint density at radius 1 is 0.917 bits per heavy atom. The van der Waals surface area contributed by atoms with E-state index in [0.29, 0.717) is 6.42 Å². The molecular weight excluding hydrogens is 406 g/mol. The lowest BCUT2D eigenvalue weighted by atomic mass is 10.4. The van der Waals surface area contributed by atoms with Gasteiger partial charge in [0, 0.05) is 6.61 Å². The first kappa shape index (κ1) is 21.7. The molecule has 0 saturated carbocycles. The Morgan fingerprint density at radius 3 is 1.67 bits per heavy atom. The van der Waals surface area contributed by atoms with Gasteiger partial charge in [0.25, 0.3) is 19.7 Å². The van der Waals surface area contributed by atoms with E-state index >= 15 is 0 Å². The van der Waals surface area contributed by atoms with Gasteiger partial charge in [-0.15, -0.1) is 0 Å². The van der Waals surface area contributed by atoms with Crippen LogP contribution in [-0.4, -0.2) is 47.2 Å². The summed E-state index contributed by atoms with van der Waals surface area (Å²) in [5, 5.41) is 0. The third kappa shape index (κ3) is 3.21. The lowest BCUT2D eigenvalue weighted by Gasteiger charge is -2.39. The van der Waals surface area contributed by atoms with Gasteiger partial charge in [0.05, 0.1) is 0 Å². The van der Waals surface area contributed by atoms with Crippen molar-refractivity contribution in [1.82, 2.24) is 0 Å². The van der Waals surface area contributed by atoms with E-state index in [1.54, 1.807) is 0 Å². The van der Waals surface area contributed by atoms with Crippen LogP contribution in [0, 0.1) is 0 Å². The quantitative estimate of drug-likeness (QED) is 0.502. The van der Waals surface area contributed by atoms with E-state index in [4.69, 9.17) is 4.43 Å². The van der Waals surface area contributed by atoms with Crippen LogP contribution in [0.2, 0.25) is 6.04 Å². The lowest BCUT2D eigenvalue weighted by Crippen LogP contribution is -2.65. The van der Waals surface area contributed by atoms with Crippen LogP contribution in [-0.2, 0) is 24.1 Å². The van der Waals surface area contributed by atoms with Crippen LogP contribution >= 0.6 is 0 Å². The van der Waals surface area contributed by atoms with Crippen molar-refractivity contribution < 1.29 is 47.6 Å². The molecule has 1 unspecified atom stereocenters. The van der Waals surface area contributed by atoms with Gasteiger partial charge in [-0.05, 0) is 18.9 Å². The largest absolute Gasteiger partial charge is 0.498 e. The molecule has 1 fully saturated rings. The van der Waals surface area contributed by atoms with E-state index in [9.17, 15) is 43.2 Å². The Morgan fingerprint density at radius 2 is 1.38 bits per heavy atom. The first-order valence-corrected chi connectivity index (χ1v) is 11.7. The molecule has 24 heavy (non-hydrogen) atoms. The van der Waals surface area contributed by atoms with Crippen LogP contribution in [0.15, 0.2) is 0 Å². The predicted octanol–water partition coefficient (Wildman–Crippen LogP) is 2.43. The van der Waals surface area contributed by atoms with Crippen molar-refractivity contribution in [3.8, 4) is 0 Å². The summed E-state index contributed by atoms with van der Waals surface area (Å²) < 4.78 is 127. The van der Waals surface area contributed by atoms with Gasteiger partial charge in [-0.2, -0.15) is 26.3 Å². The molecule has 0 aromatic heterocycles. The average Bonchev–Trinajstić information content (AvgIpc) is 2.42. The topological polar surface area (TPSA) is 77.5 Å². The normalized spacial score (nSPS) is 21.7. The van der Waals surface area contributed by atoms with Gasteiger partial charge in [0.2, 0.25) is 12.7 Å². The lowest BCUT2D eigenvalue weighted by molar-refractivity contribution is -0.0484. The van der Waals surface area contributed by atoms with Crippen molar-refractivity contribution in [3.05, 3.63) is 0 Å².